The lowest BCUT2D eigenvalue weighted by Gasteiger charge is -2.50. The number of nitrogens with zero attached hydrogens (tertiary/aromatic N) is 3. The van der Waals surface area contributed by atoms with Crippen molar-refractivity contribution in [1.82, 2.24) is 10.1 Å². The van der Waals surface area contributed by atoms with Crippen molar-refractivity contribution in [2.75, 3.05) is 26.7 Å². The van der Waals surface area contributed by atoms with E-state index < -0.39 is 0 Å². The van der Waals surface area contributed by atoms with Crippen LogP contribution >= 0.6 is 0 Å². The molecule has 4 heterocycles. The van der Waals surface area contributed by atoms with Gasteiger partial charge in [0.15, 0.2) is 0 Å². The van der Waals surface area contributed by atoms with Crippen molar-refractivity contribution in [1.29, 1.82) is 0 Å². The molecular weight excluding hydrogens is 281 g/mol. The quantitative estimate of drug-likeness (QED) is 0.818. The van der Waals surface area contributed by atoms with E-state index in [1.807, 2.05) is 0 Å². The third-order valence-corrected chi connectivity index (χ3v) is 5.41. The minimum absolute atomic E-state index is 0.279. The molecule has 3 aliphatic rings. The molecule has 1 aromatic carbocycles. The summed E-state index contributed by atoms with van der Waals surface area (Å²) in [4.78, 5) is 4.47. The number of fused-ring (bicyclic) bond motifs is 3. The van der Waals surface area contributed by atoms with Gasteiger partial charge in [0.2, 0.25) is 11.7 Å². The molecule has 2 aromatic rings. The Morgan fingerprint density at radius 2 is 2.14 bits per heavy atom. The van der Waals surface area contributed by atoms with Crippen LogP contribution in [0.25, 0.3) is 11.4 Å². The zero-order valence-corrected chi connectivity index (χ0v) is 12.8. The molecule has 0 N–H and O–H groups in total. The Kier molecular flexibility index (Phi) is 3.26. The van der Waals surface area contributed by atoms with Gasteiger partial charge in [-0.25, -0.2) is 4.39 Å². The van der Waals surface area contributed by atoms with Gasteiger partial charge in [-0.15, -0.1) is 0 Å². The van der Waals surface area contributed by atoms with Crippen LogP contribution in [0.15, 0.2) is 28.8 Å². The molecule has 0 amide bonds. The van der Waals surface area contributed by atoms with E-state index in [9.17, 15) is 4.39 Å². The van der Waals surface area contributed by atoms with Gasteiger partial charge in [-0.2, -0.15) is 4.98 Å². The van der Waals surface area contributed by atoms with Crippen molar-refractivity contribution >= 4 is 0 Å². The summed E-state index contributed by atoms with van der Waals surface area (Å²) in [6.45, 7) is 3.82. The van der Waals surface area contributed by atoms with Gasteiger partial charge in [0.05, 0.1) is 26.7 Å². The second kappa shape index (κ2) is 5.16. The highest BCUT2D eigenvalue weighted by Crippen LogP contribution is 2.38. The van der Waals surface area contributed by atoms with Crippen molar-refractivity contribution in [2.24, 2.45) is 11.8 Å². The summed E-state index contributed by atoms with van der Waals surface area (Å²) in [5, 5.41) is 4.01. The standard InChI is InChI=1S/C17H21FN3O/c1-21-7-5-12(6-8-21)14(11-21)10-16-19-17(20-22-16)13-3-2-4-15(18)9-13/h2-4,9,12,14H,5-8,10-11H2,1H3/q+1. The average molecular weight is 302 g/mol. The molecule has 3 saturated heterocycles. The molecule has 0 saturated carbocycles. The highest BCUT2D eigenvalue weighted by atomic mass is 19.1. The molecule has 5 heteroatoms. The van der Waals surface area contributed by atoms with E-state index in [1.54, 1.807) is 12.1 Å². The normalized spacial score (nSPS) is 30.6. The smallest absolute Gasteiger partial charge is 0.227 e. The van der Waals surface area contributed by atoms with Crippen LogP contribution in [0.1, 0.15) is 18.7 Å². The monoisotopic (exact) mass is 302 g/mol. The topological polar surface area (TPSA) is 38.9 Å². The molecule has 116 valence electrons. The first-order chi connectivity index (χ1) is 10.6. The van der Waals surface area contributed by atoms with Gasteiger partial charge < -0.3 is 9.01 Å². The van der Waals surface area contributed by atoms with Crippen molar-refractivity contribution in [3.8, 4) is 11.4 Å². The van der Waals surface area contributed by atoms with Crippen molar-refractivity contribution in [3.63, 3.8) is 0 Å². The maximum Gasteiger partial charge on any atom is 0.227 e. The summed E-state index contributed by atoms with van der Waals surface area (Å²) >= 11 is 0. The molecule has 3 fully saturated rings. The van der Waals surface area contributed by atoms with Crippen LogP contribution in [0.2, 0.25) is 0 Å². The maximum atomic E-state index is 13.3. The van der Waals surface area contributed by atoms with Gasteiger partial charge in [-0.05, 0) is 18.1 Å². The van der Waals surface area contributed by atoms with Gasteiger partial charge in [-0.1, -0.05) is 17.3 Å². The van der Waals surface area contributed by atoms with E-state index in [4.69, 9.17) is 4.52 Å². The zero-order chi connectivity index (χ0) is 15.2. The first kappa shape index (κ1) is 13.9. The predicted octanol–water partition coefficient (Wildman–Crippen LogP) is 2.90. The number of halogens is 1. The van der Waals surface area contributed by atoms with E-state index in [0.29, 0.717) is 23.2 Å². The molecule has 1 aromatic heterocycles. The second-order valence-electron chi connectivity index (χ2n) is 7.07. The van der Waals surface area contributed by atoms with Gasteiger partial charge in [0.1, 0.15) is 5.82 Å². The molecule has 0 spiro atoms. The maximum absolute atomic E-state index is 13.3. The minimum Gasteiger partial charge on any atom is -0.339 e. The Hall–Kier alpha value is -1.75. The summed E-state index contributed by atoms with van der Waals surface area (Å²) in [5.41, 5.74) is 0.669. The lowest BCUT2D eigenvalue weighted by molar-refractivity contribution is -0.929. The Balaban J connectivity index is 1.51. The van der Waals surface area contributed by atoms with Gasteiger partial charge in [0, 0.05) is 30.7 Å². The van der Waals surface area contributed by atoms with Crippen LogP contribution in [0.3, 0.4) is 0 Å². The summed E-state index contributed by atoms with van der Waals surface area (Å²) in [5.74, 6) is 2.32. The molecule has 22 heavy (non-hydrogen) atoms. The van der Waals surface area contributed by atoms with Gasteiger partial charge in [0.25, 0.3) is 0 Å². The number of hydrogen-bond acceptors (Lipinski definition) is 3. The number of piperidine rings is 3. The summed E-state index contributed by atoms with van der Waals surface area (Å²) in [6.07, 6.45) is 3.47. The van der Waals surface area contributed by atoms with Crippen molar-refractivity contribution in [3.05, 3.63) is 36.0 Å². The minimum atomic E-state index is -0.279. The highest BCUT2D eigenvalue weighted by molar-refractivity contribution is 5.53. The molecule has 0 radical (unpaired) electrons. The number of rotatable bonds is 3. The summed E-state index contributed by atoms with van der Waals surface area (Å²) in [6, 6.07) is 6.33. The van der Waals surface area contributed by atoms with E-state index in [-0.39, 0.29) is 5.82 Å². The van der Waals surface area contributed by atoms with E-state index >= 15 is 0 Å². The van der Waals surface area contributed by atoms with Crippen LogP contribution in [0, 0.1) is 17.7 Å². The fourth-order valence-corrected chi connectivity index (χ4v) is 4.12. The second-order valence-corrected chi connectivity index (χ2v) is 7.07. The van der Waals surface area contributed by atoms with E-state index in [0.717, 1.165) is 12.3 Å². The third-order valence-electron chi connectivity index (χ3n) is 5.41. The van der Waals surface area contributed by atoms with Crippen LogP contribution in [-0.2, 0) is 6.42 Å². The Labute approximate surface area is 129 Å². The lowest BCUT2D eigenvalue weighted by Crippen LogP contribution is -2.59. The molecule has 0 aliphatic carbocycles. The largest absolute Gasteiger partial charge is 0.339 e. The fourth-order valence-electron chi connectivity index (χ4n) is 4.12. The van der Waals surface area contributed by atoms with E-state index in [1.165, 1.54) is 49.1 Å². The van der Waals surface area contributed by atoms with Crippen molar-refractivity contribution in [2.45, 2.75) is 19.3 Å². The number of benzene rings is 1. The van der Waals surface area contributed by atoms with E-state index in [2.05, 4.69) is 17.2 Å². The fraction of sp³-hybridized carbons (Fsp3) is 0.529. The first-order valence-electron chi connectivity index (χ1n) is 8.03. The predicted molar refractivity (Wildman–Crippen MR) is 80.4 cm³/mol. The SMILES string of the molecule is C[N+]12CCC(CC1)C(Cc1nc(-c3cccc(F)c3)no1)C2. The molecule has 4 nitrogen and oxygen atoms in total. The summed E-state index contributed by atoms with van der Waals surface area (Å²) in [7, 11) is 2.36. The number of quaternary nitrogens is 1. The van der Waals surface area contributed by atoms with Crippen molar-refractivity contribution < 1.29 is 13.4 Å². The zero-order valence-electron chi connectivity index (χ0n) is 12.8. The number of hydrogen-bond donors (Lipinski definition) is 0. The molecule has 2 bridgehead atoms. The van der Waals surface area contributed by atoms with Crippen LogP contribution in [-0.4, -0.2) is 41.3 Å². The molecular formula is C17H21FN3O+. The van der Waals surface area contributed by atoms with Crippen LogP contribution in [0.5, 0.6) is 0 Å². The Morgan fingerprint density at radius 3 is 2.86 bits per heavy atom. The van der Waals surface area contributed by atoms with Gasteiger partial charge >= 0.3 is 0 Å². The average Bonchev–Trinajstić information content (AvgIpc) is 2.96. The Morgan fingerprint density at radius 1 is 1.32 bits per heavy atom. The molecule has 5 rings (SSSR count). The summed E-state index contributed by atoms with van der Waals surface area (Å²) < 4.78 is 19.9. The van der Waals surface area contributed by atoms with Crippen LogP contribution in [0.4, 0.5) is 4.39 Å². The molecule has 3 aliphatic heterocycles. The lowest BCUT2D eigenvalue weighted by atomic mass is 9.76. The first-order valence-corrected chi connectivity index (χ1v) is 8.03. The highest BCUT2D eigenvalue weighted by Gasteiger charge is 2.43. The van der Waals surface area contributed by atoms with Gasteiger partial charge in [-0.3, -0.25) is 0 Å². The molecule has 1 atom stereocenters. The number of aromatic nitrogens is 2. The molecule has 1 unspecified atom stereocenters. The third kappa shape index (κ3) is 2.54. The van der Waals surface area contributed by atoms with Crippen LogP contribution < -0.4 is 0 Å². The Bertz CT molecular complexity index is 676.